The Hall–Kier alpha value is -1.85. The standard InChI is InChI=1S/C11H8Cl2N4O/c12-6-1-2-7(13)9(3-6)18-10-5-16-8(4-17-10)11(14)15/h1-5H,(H3,14,15). The fraction of sp³-hybridized carbons (Fsp3) is 0. The summed E-state index contributed by atoms with van der Waals surface area (Å²) in [5.74, 6) is 0.466. The molecule has 0 saturated heterocycles. The van der Waals surface area contributed by atoms with E-state index in [1.807, 2.05) is 0 Å². The number of aromatic nitrogens is 2. The second kappa shape index (κ2) is 5.20. The number of rotatable bonds is 3. The van der Waals surface area contributed by atoms with Crippen molar-refractivity contribution in [2.45, 2.75) is 0 Å². The maximum Gasteiger partial charge on any atom is 0.237 e. The van der Waals surface area contributed by atoms with Crippen molar-refractivity contribution in [2.75, 3.05) is 0 Å². The molecule has 1 heterocycles. The molecule has 1 aromatic carbocycles. The van der Waals surface area contributed by atoms with Gasteiger partial charge in [-0.05, 0) is 12.1 Å². The van der Waals surface area contributed by atoms with Crippen LogP contribution < -0.4 is 10.5 Å². The summed E-state index contributed by atoms with van der Waals surface area (Å²) in [4.78, 5) is 7.87. The molecule has 0 saturated carbocycles. The molecule has 1 aromatic heterocycles. The second-order valence-corrected chi connectivity index (χ2v) is 4.17. The third-order valence-electron chi connectivity index (χ3n) is 2.01. The van der Waals surface area contributed by atoms with E-state index in [-0.39, 0.29) is 17.4 Å². The molecule has 18 heavy (non-hydrogen) atoms. The molecule has 5 nitrogen and oxygen atoms in total. The fourth-order valence-corrected chi connectivity index (χ4v) is 1.49. The quantitative estimate of drug-likeness (QED) is 0.670. The number of hydrogen-bond acceptors (Lipinski definition) is 4. The summed E-state index contributed by atoms with van der Waals surface area (Å²) >= 11 is 11.8. The number of benzene rings is 1. The second-order valence-electron chi connectivity index (χ2n) is 3.33. The SMILES string of the molecule is N=C(N)c1cnc(Oc2cc(Cl)ccc2Cl)cn1. The molecule has 0 bridgehead atoms. The van der Waals surface area contributed by atoms with Crippen molar-refractivity contribution in [3.05, 3.63) is 46.3 Å². The minimum Gasteiger partial charge on any atom is -0.436 e. The molecule has 0 radical (unpaired) electrons. The minimum absolute atomic E-state index is 0.158. The van der Waals surface area contributed by atoms with Gasteiger partial charge in [-0.2, -0.15) is 0 Å². The molecule has 0 aliphatic rings. The van der Waals surface area contributed by atoms with Crippen molar-refractivity contribution >= 4 is 29.0 Å². The van der Waals surface area contributed by atoms with Crippen LogP contribution in [0.4, 0.5) is 0 Å². The number of halogens is 2. The Labute approximate surface area is 113 Å². The van der Waals surface area contributed by atoms with E-state index in [0.717, 1.165) is 0 Å². The lowest BCUT2D eigenvalue weighted by atomic mass is 10.3. The van der Waals surface area contributed by atoms with Gasteiger partial charge < -0.3 is 10.5 Å². The van der Waals surface area contributed by atoms with E-state index in [4.69, 9.17) is 39.1 Å². The first kappa shape index (κ1) is 12.6. The topological polar surface area (TPSA) is 84.9 Å². The number of nitrogens with one attached hydrogen (secondary N) is 1. The van der Waals surface area contributed by atoms with Gasteiger partial charge in [-0.1, -0.05) is 23.2 Å². The van der Waals surface area contributed by atoms with Crippen molar-refractivity contribution in [1.82, 2.24) is 9.97 Å². The van der Waals surface area contributed by atoms with Crippen LogP contribution in [-0.4, -0.2) is 15.8 Å². The van der Waals surface area contributed by atoms with Gasteiger partial charge in [-0.3, -0.25) is 5.41 Å². The largest absolute Gasteiger partial charge is 0.436 e. The van der Waals surface area contributed by atoms with Crippen LogP contribution in [0.5, 0.6) is 11.6 Å². The lowest BCUT2D eigenvalue weighted by Gasteiger charge is -2.06. The third-order valence-corrected chi connectivity index (χ3v) is 2.56. The van der Waals surface area contributed by atoms with Gasteiger partial charge >= 0.3 is 0 Å². The Morgan fingerprint density at radius 3 is 2.61 bits per heavy atom. The molecular formula is C11H8Cl2N4O. The highest BCUT2D eigenvalue weighted by Crippen LogP contribution is 2.30. The highest BCUT2D eigenvalue weighted by molar-refractivity contribution is 6.34. The van der Waals surface area contributed by atoms with Crippen LogP contribution in [-0.2, 0) is 0 Å². The molecule has 0 amide bonds. The highest BCUT2D eigenvalue weighted by Gasteiger charge is 2.06. The Bertz CT molecular complexity index is 586. The van der Waals surface area contributed by atoms with E-state index in [2.05, 4.69) is 9.97 Å². The molecule has 0 spiro atoms. The van der Waals surface area contributed by atoms with Gasteiger partial charge in [-0.15, -0.1) is 0 Å². The summed E-state index contributed by atoms with van der Waals surface area (Å²) in [7, 11) is 0. The van der Waals surface area contributed by atoms with Gasteiger partial charge in [0, 0.05) is 11.1 Å². The summed E-state index contributed by atoms with van der Waals surface area (Å²) in [6.07, 6.45) is 2.70. The van der Waals surface area contributed by atoms with E-state index < -0.39 is 0 Å². The predicted octanol–water partition coefficient (Wildman–Crippen LogP) is 2.86. The molecule has 0 fully saturated rings. The van der Waals surface area contributed by atoms with E-state index in [1.165, 1.54) is 12.4 Å². The van der Waals surface area contributed by atoms with Gasteiger partial charge in [0.1, 0.15) is 17.3 Å². The van der Waals surface area contributed by atoms with Gasteiger partial charge in [0.05, 0.1) is 17.4 Å². The summed E-state index contributed by atoms with van der Waals surface area (Å²) in [5.41, 5.74) is 5.54. The van der Waals surface area contributed by atoms with Crippen LogP contribution in [0.3, 0.4) is 0 Å². The molecule has 7 heteroatoms. The molecule has 0 aliphatic heterocycles. The van der Waals surface area contributed by atoms with E-state index in [9.17, 15) is 0 Å². The average Bonchev–Trinajstić information content (AvgIpc) is 2.34. The maximum absolute atomic E-state index is 7.19. The van der Waals surface area contributed by atoms with Crippen molar-refractivity contribution < 1.29 is 4.74 Å². The van der Waals surface area contributed by atoms with Gasteiger partial charge in [-0.25, -0.2) is 9.97 Å². The molecule has 92 valence electrons. The summed E-state index contributed by atoms with van der Waals surface area (Å²) in [6.45, 7) is 0. The molecule has 2 rings (SSSR count). The number of ether oxygens (including phenoxy) is 1. The van der Waals surface area contributed by atoms with Crippen LogP contribution in [0.1, 0.15) is 5.69 Å². The molecule has 3 N–H and O–H groups in total. The lowest BCUT2D eigenvalue weighted by molar-refractivity contribution is 0.460. The van der Waals surface area contributed by atoms with Crippen molar-refractivity contribution in [3.8, 4) is 11.6 Å². The van der Waals surface area contributed by atoms with Crippen molar-refractivity contribution in [3.63, 3.8) is 0 Å². The van der Waals surface area contributed by atoms with Crippen LogP contribution in [0.25, 0.3) is 0 Å². The van der Waals surface area contributed by atoms with Crippen LogP contribution in [0, 0.1) is 5.41 Å². The summed E-state index contributed by atoms with van der Waals surface area (Å²) in [5, 5.41) is 8.10. The first-order chi connectivity index (χ1) is 8.56. The van der Waals surface area contributed by atoms with Crippen molar-refractivity contribution in [1.29, 1.82) is 5.41 Å². The zero-order valence-electron chi connectivity index (χ0n) is 9.02. The zero-order chi connectivity index (χ0) is 13.1. The Kier molecular flexibility index (Phi) is 3.64. The fourth-order valence-electron chi connectivity index (χ4n) is 1.18. The van der Waals surface area contributed by atoms with Crippen molar-refractivity contribution in [2.24, 2.45) is 5.73 Å². The monoisotopic (exact) mass is 282 g/mol. The smallest absolute Gasteiger partial charge is 0.237 e. The molecule has 0 atom stereocenters. The molecule has 2 aromatic rings. The maximum atomic E-state index is 7.19. The normalized spacial score (nSPS) is 10.1. The minimum atomic E-state index is -0.158. The van der Waals surface area contributed by atoms with E-state index in [0.29, 0.717) is 15.8 Å². The van der Waals surface area contributed by atoms with Gasteiger partial charge in [0.2, 0.25) is 5.88 Å². The van der Waals surface area contributed by atoms with Gasteiger partial charge in [0.15, 0.2) is 0 Å². The lowest BCUT2D eigenvalue weighted by Crippen LogP contribution is -2.13. The number of amidine groups is 1. The Morgan fingerprint density at radius 2 is 2.00 bits per heavy atom. The van der Waals surface area contributed by atoms with E-state index >= 15 is 0 Å². The van der Waals surface area contributed by atoms with Crippen LogP contribution in [0.15, 0.2) is 30.6 Å². The number of hydrogen-bond donors (Lipinski definition) is 2. The first-order valence-electron chi connectivity index (χ1n) is 4.85. The zero-order valence-corrected chi connectivity index (χ0v) is 10.5. The summed E-state index contributed by atoms with van der Waals surface area (Å²) in [6, 6.07) is 4.85. The molecular weight excluding hydrogens is 275 g/mol. The van der Waals surface area contributed by atoms with E-state index in [1.54, 1.807) is 18.2 Å². The van der Waals surface area contributed by atoms with Gasteiger partial charge in [0.25, 0.3) is 0 Å². The van der Waals surface area contributed by atoms with Crippen LogP contribution >= 0.6 is 23.2 Å². The third kappa shape index (κ3) is 2.88. The number of nitrogen functional groups attached to an aromatic ring is 1. The molecule has 0 aliphatic carbocycles. The van der Waals surface area contributed by atoms with Crippen LogP contribution in [0.2, 0.25) is 10.0 Å². The number of nitrogens with two attached hydrogens (primary N) is 1. The first-order valence-corrected chi connectivity index (χ1v) is 5.61. The Morgan fingerprint density at radius 1 is 1.22 bits per heavy atom. The molecule has 0 unspecified atom stereocenters. The number of nitrogens with zero attached hydrogens (tertiary/aromatic N) is 2. The Balaban J connectivity index is 2.23. The summed E-state index contributed by atoms with van der Waals surface area (Å²) < 4.78 is 5.42. The highest BCUT2D eigenvalue weighted by atomic mass is 35.5. The predicted molar refractivity (Wildman–Crippen MR) is 69.6 cm³/mol. The average molecular weight is 283 g/mol.